The number of hydrogen-bond donors (Lipinski definition) is 1. The van der Waals surface area contributed by atoms with Crippen molar-refractivity contribution >= 4 is 22.6 Å². The SMILES string of the molecule is CC(C)C(C)NCc1c(Cl)oc2ccccc12. The van der Waals surface area contributed by atoms with Gasteiger partial charge >= 0.3 is 0 Å². The van der Waals surface area contributed by atoms with E-state index in [0.717, 1.165) is 23.1 Å². The number of nitrogens with one attached hydrogen (secondary N) is 1. The van der Waals surface area contributed by atoms with Gasteiger partial charge in [0.15, 0.2) is 5.22 Å². The summed E-state index contributed by atoms with van der Waals surface area (Å²) in [6.45, 7) is 7.33. The highest BCUT2D eigenvalue weighted by Crippen LogP contribution is 2.29. The summed E-state index contributed by atoms with van der Waals surface area (Å²) in [6.07, 6.45) is 0. The Morgan fingerprint density at radius 3 is 2.65 bits per heavy atom. The molecule has 0 fully saturated rings. The van der Waals surface area contributed by atoms with Gasteiger partial charge < -0.3 is 9.73 Å². The van der Waals surface area contributed by atoms with Crippen LogP contribution in [0.5, 0.6) is 0 Å². The second kappa shape index (κ2) is 5.11. The smallest absolute Gasteiger partial charge is 0.199 e. The Morgan fingerprint density at radius 2 is 1.94 bits per heavy atom. The standard InChI is InChI=1S/C14H18ClNO/c1-9(2)10(3)16-8-12-11-6-4-5-7-13(11)17-14(12)15/h4-7,9-10,16H,8H2,1-3H3. The number of hydrogen-bond acceptors (Lipinski definition) is 2. The highest BCUT2D eigenvalue weighted by Gasteiger charge is 2.13. The molecule has 2 aromatic rings. The van der Waals surface area contributed by atoms with Crippen LogP contribution in [0.15, 0.2) is 28.7 Å². The zero-order valence-electron chi connectivity index (χ0n) is 10.5. The predicted molar refractivity (Wildman–Crippen MR) is 72.4 cm³/mol. The molecule has 0 radical (unpaired) electrons. The van der Waals surface area contributed by atoms with E-state index in [1.165, 1.54) is 0 Å². The topological polar surface area (TPSA) is 25.2 Å². The maximum atomic E-state index is 6.12. The zero-order valence-corrected chi connectivity index (χ0v) is 11.2. The molecule has 1 atom stereocenters. The third kappa shape index (κ3) is 2.64. The highest BCUT2D eigenvalue weighted by molar-refractivity contribution is 6.30. The first kappa shape index (κ1) is 12.5. The van der Waals surface area contributed by atoms with Gasteiger partial charge in [0.1, 0.15) is 5.58 Å². The van der Waals surface area contributed by atoms with Gasteiger partial charge in [0, 0.05) is 23.5 Å². The Morgan fingerprint density at radius 1 is 1.24 bits per heavy atom. The Labute approximate surface area is 107 Å². The number of halogens is 1. The quantitative estimate of drug-likeness (QED) is 0.880. The molecule has 17 heavy (non-hydrogen) atoms. The molecular formula is C14H18ClNO. The maximum absolute atomic E-state index is 6.12. The second-order valence-corrected chi connectivity index (χ2v) is 5.11. The van der Waals surface area contributed by atoms with Gasteiger partial charge in [-0.05, 0) is 30.5 Å². The van der Waals surface area contributed by atoms with Crippen LogP contribution >= 0.6 is 11.6 Å². The summed E-state index contributed by atoms with van der Waals surface area (Å²) >= 11 is 6.12. The first-order chi connectivity index (χ1) is 8.09. The third-order valence-corrected chi connectivity index (χ3v) is 3.56. The summed E-state index contributed by atoms with van der Waals surface area (Å²) in [4.78, 5) is 0. The third-order valence-electron chi connectivity index (χ3n) is 3.25. The van der Waals surface area contributed by atoms with Gasteiger partial charge in [0.05, 0.1) is 0 Å². The van der Waals surface area contributed by atoms with Crippen LogP contribution in [0, 0.1) is 5.92 Å². The fourth-order valence-corrected chi connectivity index (χ4v) is 1.98. The molecule has 0 aliphatic heterocycles. The van der Waals surface area contributed by atoms with Crippen molar-refractivity contribution in [3.8, 4) is 0 Å². The van der Waals surface area contributed by atoms with Gasteiger partial charge in [-0.3, -0.25) is 0 Å². The molecule has 0 spiro atoms. The van der Waals surface area contributed by atoms with Crippen molar-refractivity contribution in [1.82, 2.24) is 5.32 Å². The molecule has 0 saturated carbocycles. The minimum atomic E-state index is 0.458. The van der Waals surface area contributed by atoms with Crippen molar-refractivity contribution in [2.75, 3.05) is 0 Å². The molecular weight excluding hydrogens is 234 g/mol. The Hall–Kier alpha value is -0.990. The number of rotatable bonds is 4. The second-order valence-electron chi connectivity index (χ2n) is 4.76. The summed E-state index contributed by atoms with van der Waals surface area (Å²) in [5.41, 5.74) is 1.90. The van der Waals surface area contributed by atoms with Crippen LogP contribution in [0.1, 0.15) is 26.3 Å². The van der Waals surface area contributed by atoms with Crippen LogP contribution in [0.3, 0.4) is 0 Å². The molecule has 0 bridgehead atoms. The van der Waals surface area contributed by atoms with E-state index in [9.17, 15) is 0 Å². The zero-order chi connectivity index (χ0) is 12.4. The van der Waals surface area contributed by atoms with E-state index < -0.39 is 0 Å². The Bertz CT molecular complexity index is 504. The molecule has 3 heteroatoms. The number of benzene rings is 1. The number of furan rings is 1. The molecule has 2 nitrogen and oxygen atoms in total. The van der Waals surface area contributed by atoms with Crippen LogP contribution in [0.25, 0.3) is 11.0 Å². The first-order valence-electron chi connectivity index (χ1n) is 5.99. The van der Waals surface area contributed by atoms with Crippen molar-refractivity contribution in [3.63, 3.8) is 0 Å². The number of fused-ring (bicyclic) bond motifs is 1. The monoisotopic (exact) mass is 251 g/mol. The van der Waals surface area contributed by atoms with Crippen molar-refractivity contribution in [1.29, 1.82) is 0 Å². The first-order valence-corrected chi connectivity index (χ1v) is 6.36. The molecule has 92 valence electrons. The number of para-hydroxylation sites is 1. The summed E-state index contributed by atoms with van der Waals surface area (Å²) < 4.78 is 5.52. The van der Waals surface area contributed by atoms with Gasteiger partial charge in [0.2, 0.25) is 0 Å². The van der Waals surface area contributed by atoms with Crippen molar-refractivity contribution in [2.24, 2.45) is 5.92 Å². The van der Waals surface area contributed by atoms with Crippen LogP contribution < -0.4 is 5.32 Å². The molecule has 1 heterocycles. The lowest BCUT2D eigenvalue weighted by Gasteiger charge is -2.16. The van der Waals surface area contributed by atoms with E-state index >= 15 is 0 Å². The van der Waals surface area contributed by atoms with Gasteiger partial charge in [0.25, 0.3) is 0 Å². The highest BCUT2D eigenvalue weighted by atomic mass is 35.5. The molecule has 0 amide bonds. The summed E-state index contributed by atoms with van der Waals surface area (Å²) in [7, 11) is 0. The molecule has 1 aromatic heterocycles. The molecule has 1 aromatic carbocycles. The molecule has 2 rings (SSSR count). The summed E-state index contributed by atoms with van der Waals surface area (Å²) in [5.74, 6) is 0.604. The summed E-state index contributed by atoms with van der Waals surface area (Å²) in [5, 5.41) is 5.07. The Kier molecular flexibility index (Phi) is 3.75. The van der Waals surface area contributed by atoms with Crippen LogP contribution in [-0.2, 0) is 6.54 Å². The average Bonchev–Trinajstić information content (AvgIpc) is 2.61. The molecule has 0 aliphatic rings. The molecule has 0 aliphatic carbocycles. The predicted octanol–water partition coefficient (Wildman–Crippen LogP) is 4.22. The van der Waals surface area contributed by atoms with E-state index in [1.54, 1.807) is 0 Å². The lowest BCUT2D eigenvalue weighted by atomic mass is 10.1. The van der Waals surface area contributed by atoms with Crippen LogP contribution in [0.2, 0.25) is 5.22 Å². The maximum Gasteiger partial charge on any atom is 0.199 e. The molecule has 1 unspecified atom stereocenters. The van der Waals surface area contributed by atoms with Crippen molar-refractivity contribution < 1.29 is 4.42 Å². The van der Waals surface area contributed by atoms with Gasteiger partial charge in [-0.2, -0.15) is 0 Å². The Balaban J connectivity index is 2.21. The minimum absolute atomic E-state index is 0.458. The normalized spacial score (nSPS) is 13.5. The van der Waals surface area contributed by atoms with Crippen LogP contribution in [0.4, 0.5) is 0 Å². The van der Waals surface area contributed by atoms with Crippen molar-refractivity contribution in [3.05, 3.63) is 35.0 Å². The average molecular weight is 252 g/mol. The minimum Gasteiger partial charge on any atom is -0.444 e. The summed E-state index contributed by atoms with van der Waals surface area (Å²) in [6, 6.07) is 8.40. The molecule has 1 N–H and O–H groups in total. The van der Waals surface area contributed by atoms with E-state index in [2.05, 4.69) is 26.1 Å². The van der Waals surface area contributed by atoms with Crippen molar-refractivity contribution in [2.45, 2.75) is 33.4 Å². The van der Waals surface area contributed by atoms with Crippen LogP contribution in [-0.4, -0.2) is 6.04 Å². The fourth-order valence-electron chi connectivity index (χ4n) is 1.73. The van der Waals surface area contributed by atoms with E-state index in [-0.39, 0.29) is 0 Å². The van der Waals surface area contributed by atoms with Gasteiger partial charge in [-0.1, -0.05) is 32.0 Å². The fraction of sp³-hybridized carbons (Fsp3) is 0.429. The van der Waals surface area contributed by atoms with Gasteiger partial charge in [-0.15, -0.1) is 0 Å². The molecule has 0 saturated heterocycles. The van der Waals surface area contributed by atoms with E-state index in [4.69, 9.17) is 16.0 Å². The largest absolute Gasteiger partial charge is 0.444 e. The van der Waals surface area contributed by atoms with E-state index in [1.807, 2.05) is 24.3 Å². The lowest BCUT2D eigenvalue weighted by Crippen LogP contribution is -2.30. The van der Waals surface area contributed by atoms with E-state index in [0.29, 0.717) is 17.2 Å². The van der Waals surface area contributed by atoms with Gasteiger partial charge in [-0.25, -0.2) is 0 Å². The lowest BCUT2D eigenvalue weighted by molar-refractivity contribution is 0.425.